The van der Waals surface area contributed by atoms with Crippen LogP contribution in [0.3, 0.4) is 0 Å². The maximum Gasteiger partial charge on any atom is 0.259 e. The fraction of sp³-hybridized carbons (Fsp3) is 0. The number of nitrogens with one attached hydrogen (secondary N) is 2. The number of anilines is 2. The zero-order chi connectivity index (χ0) is 17.2. The van der Waals surface area contributed by atoms with Crippen LogP contribution >= 0.6 is 11.6 Å². The van der Waals surface area contributed by atoms with Crippen LogP contribution in [-0.2, 0) is 0 Å². The Kier molecular flexibility index (Phi) is 3.91. The van der Waals surface area contributed by atoms with Gasteiger partial charge in [0.25, 0.3) is 5.56 Å². The summed E-state index contributed by atoms with van der Waals surface area (Å²) in [6.45, 7) is 0. The maximum atomic E-state index is 12.2. The second-order valence-corrected chi connectivity index (χ2v) is 5.90. The first-order valence-corrected chi connectivity index (χ1v) is 8.04. The van der Waals surface area contributed by atoms with Gasteiger partial charge in [-0.25, -0.2) is 4.98 Å². The zero-order valence-corrected chi connectivity index (χ0v) is 13.8. The molecule has 0 fully saturated rings. The van der Waals surface area contributed by atoms with Gasteiger partial charge in [0, 0.05) is 24.3 Å². The van der Waals surface area contributed by atoms with E-state index in [1.807, 2.05) is 42.6 Å². The summed E-state index contributed by atoms with van der Waals surface area (Å²) in [6, 6.07) is 15.2. The molecule has 2 N–H and O–H groups in total. The molecule has 6 heteroatoms. The number of pyridine rings is 3. The van der Waals surface area contributed by atoms with E-state index < -0.39 is 0 Å². The quantitative estimate of drug-likeness (QED) is 0.539. The van der Waals surface area contributed by atoms with E-state index in [-0.39, 0.29) is 5.56 Å². The van der Waals surface area contributed by atoms with Crippen LogP contribution in [-0.4, -0.2) is 15.0 Å². The highest BCUT2D eigenvalue weighted by molar-refractivity contribution is 6.30. The Bertz CT molecular complexity index is 1090. The summed E-state index contributed by atoms with van der Waals surface area (Å²) in [5.74, 6) is 0.429. The number of nitrogens with zero attached hydrogens (tertiary/aromatic N) is 2. The third-order valence-electron chi connectivity index (χ3n) is 3.87. The van der Waals surface area contributed by atoms with E-state index in [0.717, 1.165) is 22.2 Å². The number of fused-ring (bicyclic) bond motifs is 1. The molecular weight excluding hydrogens is 336 g/mol. The molecule has 122 valence electrons. The number of H-pyrrole nitrogens is 1. The van der Waals surface area contributed by atoms with Gasteiger partial charge in [0.2, 0.25) is 0 Å². The maximum absolute atomic E-state index is 12.2. The van der Waals surface area contributed by atoms with Crippen LogP contribution in [0, 0.1) is 0 Å². The Morgan fingerprint density at radius 3 is 2.64 bits per heavy atom. The van der Waals surface area contributed by atoms with Gasteiger partial charge < -0.3 is 10.3 Å². The molecule has 0 radical (unpaired) electrons. The standard InChI is InChI=1S/C19H13ClN4O/c20-16-10-13-7-9-22-19(25)17(13)18(24-16)23-15-5-3-12(4-6-15)14-2-1-8-21-11-14/h1-11H,(H,22,25)(H,23,24). The van der Waals surface area contributed by atoms with Crippen LogP contribution in [0.4, 0.5) is 11.5 Å². The second-order valence-electron chi connectivity index (χ2n) is 5.51. The lowest BCUT2D eigenvalue weighted by molar-refractivity contribution is 1.25. The summed E-state index contributed by atoms with van der Waals surface area (Å²) in [6.07, 6.45) is 5.15. The predicted molar refractivity (Wildman–Crippen MR) is 100 cm³/mol. The van der Waals surface area contributed by atoms with Crippen LogP contribution in [0.15, 0.2) is 71.9 Å². The van der Waals surface area contributed by atoms with Crippen molar-refractivity contribution in [3.05, 3.63) is 82.6 Å². The predicted octanol–water partition coefficient (Wildman–Crippen LogP) is 4.38. The summed E-state index contributed by atoms with van der Waals surface area (Å²) in [7, 11) is 0. The number of aromatic amines is 1. The number of hydrogen-bond acceptors (Lipinski definition) is 4. The molecule has 5 nitrogen and oxygen atoms in total. The van der Waals surface area contributed by atoms with E-state index >= 15 is 0 Å². The normalized spacial score (nSPS) is 10.8. The molecular formula is C19H13ClN4O. The third kappa shape index (κ3) is 3.09. The lowest BCUT2D eigenvalue weighted by Crippen LogP contribution is -2.08. The summed E-state index contributed by atoms with van der Waals surface area (Å²) in [5, 5.41) is 4.71. The van der Waals surface area contributed by atoms with Gasteiger partial charge >= 0.3 is 0 Å². The van der Waals surface area contributed by atoms with Gasteiger partial charge in [0.1, 0.15) is 11.0 Å². The van der Waals surface area contributed by atoms with Crippen molar-refractivity contribution in [2.45, 2.75) is 0 Å². The Balaban J connectivity index is 1.71. The van der Waals surface area contributed by atoms with Crippen molar-refractivity contribution >= 4 is 33.9 Å². The zero-order valence-electron chi connectivity index (χ0n) is 13.0. The highest BCUT2D eigenvalue weighted by Gasteiger charge is 2.09. The highest BCUT2D eigenvalue weighted by Crippen LogP contribution is 2.26. The number of aromatic nitrogens is 3. The second kappa shape index (κ2) is 6.37. The van der Waals surface area contributed by atoms with E-state index in [0.29, 0.717) is 16.4 Å². The largest absolute Gasteiger partial charge is 0.339 e. The molecule has 0 saturated heterocycles. The minimum Gasteiger partial charge on any atom is -0.339 e. The fourth-order valence-electron chi connectivity index (χ4n) is 2.69. The molecule has 0 amide bonds. The first-order valence-electron chi connectivity index (χ1n) is 7.66. The molecule has 0 bridgehead atoms. The lowest BCUT2D eigenvalue weighted by atomic mass is 10.1. The van der Waals surface area contributed by atoms with Gasteiger partial charge in [0.05, 0.1) is 5.39 Å². The molecule has 4 aromatic rings. The Hall–Kier alpha value is -3.18. The highest BCUT2D eigenvalue weighted by atomic mass is 35.5. The summed E-state index contributed by atoms with van der Waals surface area (Å²) >= 11 is 6.08. The monoisotopic (exact) mass is 348 g/mol. The third-order valence-corrected chi connectivity index (χ3v) is 4.06. The SMILES string of the molecule is O=c1[nH]ccc2cc(Cl)nc(Nc3ccc(-c4cccnc4)cc3)c12. The fourth-order valence-corrected chi connectivity index (χ4v) is 2.89. The van der Waals surface area contributed by atoms with Crippen molar-refractivity contribution in [3.8, 4) is 11.1 Å². The number of hydrogen-bond donors (Lipinski definition) is 2. The van der Waals surface area contributed by atoms with Gasteiger partial charge in [-0.1, -0.05) is 29.8 Å². The molecule has 0 aliphatic carbocycles. The molecule has 0 atom stereocenters. The van der Waals surface area contributed by atoms with Crippen LogP contribution in [0.1, 0.15) is 0 Å². The molecule has 1 aromatic carbocycles. The van der Waals surface area contributed by atoms with Crippen molar-refractivity contribution < 1.29 is 0 Å². The Morgan fingerprint density at radius 1 is 1.04 bits per heavy atom. The van der Waals surface area contributed by atoms with Gasteiger partial charge in [-0.2, -0.15) is 0 Å². The summed E-state index contributed by atoms with van der Waals surface area (Å²) in [4.78, 5) is 23.2. The molecule has 25 heavy (non-hydrogen) atoms. The van der Waals surface area contributed by atoms with Crippen molar-refractivity contribution in [3.63, 3.8) is 0 Å². The van der Waals surface area contributed by atoms with E-state index in [1.54, 1.807) is 24.5 Å². The van der Waals surface area contributed by atoms with Gasteiger partial charge in [-0.05, 0) is 46.8 Å². The van der Waals surface area contributed by atoms with E-state index in [1.165, 1.54) is 0 Å². The smallest absolute Gasteiger partial charge is 0.259 e. The summed E-state index contributed by atoms with van der Waals surface area (Å²) < 4.78 is 0. The number of rotatable bonds is 3. The summed E-state index contributed by atoms with van der Waals surface area (Å²) in [5.41, 5.74) is 2.69. The van der Waals surface area contributed by atoms with E-state index in [9.17, 15) is 4.79 Å². The minimum absolute atomic E-state index is 0.212. The molecule has 0 aliphatic rings. The molecule has 4 rings (SSSR count). The van der Waals surface area contributed by atoms with Gasteiger partial charge in [0.15, 0.2) is 0 Å². The lowest BCUT2D eigenvalue weighted by Gasteiger charge is -2.10. The van der Waals surface area contributed by atoms with Crippen molar-refractivity contribution in [2.75, 3.05) is 5.32 Å². The van der Waals surface area contributed by atoms with Crippen LogP contribution in [0.2, 0.25) is 5.15 Å². The minimum atomic E-state index is -0.212. The van der Waals surface area contributed by atoms with Crippen LogP contribution in [0.25, 0.3) is 21.9 Å². The van der Waals surface area contributed by atoms with Gasteiger partial charge in [-0.3, -0.25) is 9.78 Å². The van der Waals surface area contributed by atoms with E-state index in [2.05, 4.69) is 20.3 Å². The van der Waals surface area contributed by atoms with Crippen molar-refractivity contribution in [1.82, 2.24) is 15.0 Å². The Morgan fingerprint density at radius 2 is 1.88 bits per heavy atom. The number of halogens is 1. The molecule has 0 saturated carbocycles. The van der Waals surface area contributed by atoms with Crippen molar-refractivity contribution in [2.24, 2.45) is 0 Å². The molecule has 0 aliphatic heterocycles. The van der Waals surface area contributed by atoms with E-state index in [4.69, 9.17) is 11.6 Å². The van der Waals surface area contributed by atoms with Gasteiger partial charge in [-0.15, -0.1) is 0 Å². The topological polar surface area (TPSA) is 70.7 Å². The average Bonchev–Trinajstić information content (AvgIpc) is 2.63. The van der Waals surface area contributed by atoms with Crippen molar-refractivity contribution in [1.29, 1.82) is 0 Å². The number of benzene rings is 1. The molecule has 3 heterocycles. The molecule has 0 unspecified atom stereocenters. The Labute approximate surface area is 148 Å². The van der Waals surface area contributed by atoms with Crippen LogP contribution in [0.5, 0.6) is 0 Å². The molecule has 3 aromatic heterocycles. The average molecular weight is 349 g/mol. The van der Waals surface area contributed by atoms with Crippen LogP contribution < -0.4 is 10.9 Å². The first-order chi connectivity index (χ1) is 12.2. The molecule has 0 spiro atoms. The first kappa shape index (κ1) is 15.4.